The van der Waals surface area contributed by atoms with Crippen molar-refractivity contribution in [3.8, 4) is 0 Å². The predicted octanol–water partition coefficient (Wildman–Crippen LogP) is 7.49. The van der Waals surface area contributed by atoms with Gasteiger partial charge in [0, 0.05) is 0 Å². The summed E-state index contributed by atoms with van der Waals surface area (Å²) in [4.78, 5) is 0. The molecule has 0 unspecified atom stereocenters. The van der Waals surface area contributed by atoms with Gasteiger partial charge in [-0.15, -0.1) is 25.7 Å². The van der Waals surface area contributed by atoms with Crippen LogP contribution in [-0.4, -0.2) is 0 Å². The SMILES string of the molecule is [CH2-]/C(C)=C\CC/C=C(\[CH2-])C.[CH2-]/C(C)=C\CC/C=C(\[CH2-])C.[Cl][Ru+].[Cl][Ru-]([ClH+])[ClH+]. The van der Waals surface area contributed by atoms with Gasteiger partial charge in [0.25, 0.3) is 0 Å². The molecule has 26 heavy (non-hydrogen) atoms. The van der Waals surface area contributed by atoms with Crippen molar-refractivity contribution < 1.29 is 49.7 Å². The number of allylic oxidation sites excluding steroid dienone is 8. The Bertz CT molecular complexity index is 321. The molecular formula is C20H34Cl4Ru2-2. The van der Waals surface area contributed by atoms with E-state index < -0.39 is 13.0 Å². The zero-order valence-electron chi connectivity index (χ0n) is 16.2. The summed E-state index contributed by atoms with van der Waals surface area (Å²) in [5.41, 5.74) is 4.59. The van der Waals surface area contributed by atoms with E-state index in [2.05, 4.69) is 81.1 Å². The second-order valence-electron chi connectivity index (χ2n) is 5.52. The summed E-state index contributed by atoms with van der Waals surface area (Å²) >= 11 is 0.291. The maximum atomic E-state index is 5.05. The van der Waals surface area contributed by atoms with Gasteiger partial charge in [-0.25, -0.2) is 74.3 Å². The van der Waals surface area contributed by atoms with Crippen LogP contribution in [-0.2, 0) is 30.3 Å². The molecule has 0 rings (SSSR count). The molecule has 0 nitrogen and oxygen atoms in total. The number of hydrogen-bond donors (Lipinski definition) is 0. The van der Waals surface area contributed by atoms with Gasteiger partial charge in [0.2, 0.25) is 0 Å². The fourth-order valence-electron chi connectivity index (χ4n) is 1.32. The molecule has 0 aliphatic carbocycles. The van der Waals surface area contributed by atoms with Crippen molar-refractivity contribution in [2.45, 2.75) is 53.4 Å². The van der Waals surface area contributed by atoms with Gasteiger partial charge in [0.05, 0.1) is 0 Å². The normalized spacial score (nSPS) is 12.6. The van der Waals surface area contributed by atoms with Gasteiger partial charge in [-0.05, 0) is 0 Å². The zero-order chi connectivity index (χ0) is 21.5. The van der Waals surface area contributed by atoms with Crippen molar-refractivity contribution in [3.63, 3.8) is 0 Å². The Kier molecular flexibility index (Phi) is 37.1. The average Bonchev–Trinajstić information content (AvgIpc) is 2.49. The molecule has 0 aromatic heterocycles. The fourth-order valence-corrected chi connectivity index (χ4v) is 1.32. The van der Waals surface area contributed by atoms with Crippen LogP contribution in [0.3, 0.4) is 0 Å². The van der Waals surface area contributed by atoms with E-state index in [1.54, 1.807) is 0 Å². The van der Waals surface area contributed by atoms with Crippen molar-refractivity contribution in [1.82, 2.24) is 0 Å². The molecule has 0 spiro atoms. The first-order valence-corrected chi connectivity index (χ1v) is 17.1. The van der Waals surface area contributed by atoms with Gasteiger partial charge >= 0.3 is 69.1 Å². The topological polar surface area (TPSA) is 0 Å². The van der Waals surface area contributed by atoms with Crippen LogP contribution in [0.5, 0.6) is 0 Å². The Morgan fingerprint density at radius 3 is 0.885 bits per heavy atom. The van der Waals surface area contributed by atoms with Crippen molar-refractivity contribution in [1.29, 1.82) is 0 Å². The second kappa shape index (κ2) is 28.1. The number of halogens is 4. The van der Waals surface area contributed by atoms with E-state index in [0.29, 0.717) is 0 Å². The molecule has 0 heterocycles. The fraction of sp³-hybridized carbons (Fsp3) is 0.400. The summed E-state index contributed by atoms with van der Waals surface area (Å²) in [5.74, 6) is 0. The van der Waals surface area contributed by atoms with Crippen LogP contribution in [0, 0.1) is 47.1 Å². The minimum atomic E-state index is -1.53. The third kappa shape index (κ3) is 64.1. The molecule has 0 radical (unpaired) electrons. The van der Waals surface area contributed by atoms with Gasteiger partial charge in [0.15, 0.2) is 0 Å². The van der Waals surface area contributed by atoms with Gasteiger partial charge < -0.3 is 0 Å². The van der Waals surface area contributed by atoms with Crippen LogP contribution in [0.1, 0.15) is 53.4 Å². The van der Waals surface area contributed by atoms with E-state index in [0.717, 1.165) is 48.0 Å². The van der Waals surface area contributed by atoms with Crippen LogP contribution >= 0.6 is 19.4 Å². The minimum absolute atomic E-state index is 1.09. The van der Waals surface area contributed by atoms with Crippen molar-refractivity contribution in [3.05, 3.63) is 74.3 Å². The van der Waals surface area contributed by atoms with Gasteiger partial charge in [-0.2, -0.15) is 0 Å². The van der Waals surface area contributed by atoms with E-state index in [-0.39, 0.29) is 0 Å². The van der Waals surface area contributed by atoms with E-state index in [9.17, 15) is 0 Å². The Labute approximate surface area is 195 Å². The van der Waals surface area contributed by atoms with E-state index in [1.165, 1.54) is 0 Å². The van der Waals surface area contributed by atoms with Gasteiger partial charge in [-0.1, -0.05) is 27.7 Å². The van der Waals surface area contributed by atoms with Gasteiger partial charge in [-0.3, -0.25) is 0 Å². The average molecular weight is 618 g/mol. The van der Waals surface area contributed by atoms with E-state index in [1.807, 2.05) is 45.0 Å². The van der Waals surface area contributed by atoms with Crippen LogP contribution < -0.4 is 0 Å². The molecule has 0 aromatic carbocycles. The molecule has 6 heteroatoms. The van der Waals surface area contributed by atoms with Crippen molar-refractivity contribution in [2.24, 2.45) is 0 Å². The van der Waals surface area contributed by atoms with Crippen molar-refractivity contribution >= 4 is 19.4 Å². The molecule has 0 aromatic rings. The number of rotatable bonds is 6. The Hall–Kier alpha value is 0.847. The van der Waals surface area contributed by atoms with E-state index in [4.69, 9.17) is 9.69 Å². The summed E-state index contributed by atoms with van der Waals surface area (Å²) in [7, 11) is 18.3. The maximum absolute atomic E-state index is 5.05. The third-order valence-electron chi connectivity index (χ3n) is 2.30. The van der Waals surface area contributed by atoms with Crippen LogP contribution in [0.25, 0.3) is 0 Å². The summed E-state index contributed by atoms with van der Waals surface area (Å²) in [5, 5.41) is 0. The first-order valence-electron chi connectivity index (χ1n) is 7.76. The molecule has 0 saturated heterocycles. The summed E-state index contributed by atoms with van der Waals surface area (Å²) < 4.78 is 0. The van der Waals surface area contributed by atoms with Crippen LogP contribution in [0.2, 0.25) is 0 Å². The number of unbranched alkanes of at least 4 members (excludes halogenated alkanes) is 2. The molecule has 0 bridgehead atoms. The monoisotopic (exact) mass is 618 g/mol. The van der Waals surface area contributed by atoms with Gasteiger partial charge in [0.1, 0.15) is 0 Å². The van der Waals surface area contributed by atoms with Crippen molar-refractivity contribution in [2.75, 3.05) is 0 Å². The number of hydrogen-bond acceptors (Lipinski definition) is 0. The first kappa shape index (κ1) is 34.4. The summed E-state index contributed by atoms with van der Waals surface area (Å²) in [6, 6.07) is 0. The van der Waals surface area contributed by atoms with E-state index >= 15 is 0 Å². The predicted molar refractivity (Wildman–Crippen MR) is 109 cm³/mol. The first-order chi connectivity index (χ1) is 12.0. The zero-order valence-corrected chi connectivity index (χ0v) is 22.9. The van der Waals surface area contributed by atoms with Crippen LogP contribution in [0.4, 0.5) is 0 Å². The quantitative estimate of drug-likeness (QED) is 0.165. The molecular weight excluding hydrogens is 584 g/mol. The second-order valence-corrected chi connectivity index (χ2v) is 14.3. The Morgan fingerprint density at radius 1 is 0.692 bits per heavy atom. The molecule has 0 aliphatic heterocycles. The Morgan fingerprint density at radius 2 is 0.808 bits per heavy atom. The molecule has 0 amide bonds. The van der Waals surface area contributed by atoms with Crippen LogP contribution in [0.15, 0.2) is 46.6 Å². The molecule has 0 N–H and O–H groups in total. The molecule has 0 fully saturated rings. The molecule has 0 aliphatic rings. The molecule has 0 saturated carbocycles. The Balaban J connectivity index is -0.000000143. The third-order valence-corrected chi connectivity index (χ3v) is 2.30. The summed E-state index contributed by atoms with van der Waals surface area (Å²) in [6.07, 6.45) is 12.9. The standard InChI is InChI=1S/2C10H16.4ClH.2Ru/c2*1-9(2)7-5-6-8-10(3)4;;;;;;/h2*7-8H,1,3,5-6H2,2,4H3;4*1H;;/q2*-2;;;;;2*+2/p-2/b2*9-7+,10-8+;;;;;;. The summed E-state index contributed by atoms with van der Waals surface area (Å²) in [6.45, 7) is 23.2. The molecule has 0 atom stereocenters. The molecule has 160 valence electrons.